The predicted octanol–water partition coefficient (Wildman–Crippen LogP) is 2.67. The van der Waals surface area contributed by atoms with Gasteiger partial charge < -0.3 is 5.32 Å². The monoisotopic (exact) mass is 169 g/mol. The highest BCUT2D eigenvalue weighted by Crippen LogP contribution is 2.29. The van der Waals surface area contributed by atoms with Crippen LogP contribution in [0, 0.1) is 17.3 Å². The first-order valence-corrected chi connectivity index (χ1v) is 5.22. The van der Waals surface area contributed by atoms with Gasteiger partial charge >= 0.3 is 0 Å². The molecule has 1 atom stereocenters. The van der Waals surface area contributed by atoms with E-state index in [1.54, 1.807) is 0 Å². The molecule has 12 heavy (non-hydrogen) atoms. The molecule has 1 N–H and O–H groups in total. The minimum Gasteiger partial charge on any atom is -0.316 e. The lowest BCUT2D eigenvalue weighted by molar-refractivity contribution is 0.310. The van der Waals surface area contributed by atoms with Crippen molar-refractivity contribution >= 4 is 0 Å². The van der Waals surface area contributed by atoms with Gasteiger partial charge in [-0.25, -0.2) is 0 Å². The molecule has 1 saturated heterocycles. The summed E-state index contributed by atoms with van der Waals surface area (Å²) in [5, 5.41) is 3.57. The Balaban J connectivity index is 2.45. The van der Waals surface area contributed by atoms with E-state index < -0.39 is 0 Å². The predicted molar refractivity (Wildman–Crippen MR) is 54.2 cm³/mol. The quantitative estimate of drug-likeness (QED) is 0.636. The molecule has 0 aromatic heterocycles. The number of nitrogens with one attached hydrogen (secondary N) is 1. The van der Waals surface area contributed by atoms with Crippen LogP contribution in [0.2, 0.25) is 0 Å². The van der Waals surface area contributed by atoms with Crippen LogP contribution in [0.4, 0.5) is 0 Å². The van der Waals surface area contributed by atoms with Crippen LogP contribution in [-0.4, -0.2) is 13.1 Å². The number of hydrogen-bond acceptors (Lipinski definition) is 1. The standard InChI is InChI=1S/C11H23N/c1-9(2)10-5-6-11(3,4)8-12-7-10/h9-10,12H,5-8H2,1-4H3. The molecule has 0 aromatic carbocycles. The fourth-order valence-electron chi connectivity index (χ4n) is 1.93. The van der Waals surface area contributed by atoms with Crippen LogP contribution in [0.3, 0.4) is 0 Å². The van der Waals surface area contributed by atoms with E-state index in [0.717, 1.165) is 11.8 Å². The van der Waals surface area contributed by atoms with E-state index in [1.807, 2.05) is 0 Å². The molecule has 0 spiro atoms. The van der Waals surface area contributed by atoms with Crippen molar-refractivity contribution in [3.8, 4) is 0 Å². The maximum absolute atomic E-state index is 3.57. The molecule has 0 aliphatic carbocycles. The Hall–Kier alpha value is -0.0400. The second-order valence-electron chi connectivity index (χ2n) is 5.34. The van der Waals surface area contributed by atoms with Crippen molar-refractivity contribution in [2.75, 3.05) is 13.1 Å². The summed E-state index contributed by atoms with van der Waals surface area (Å²) < 4.78 is 0. The molecular formula is C11H23N. The highest BCUT2D eigenvalue weighted by Gasteiger charge is 2.25. The zero-order valence-electron chi connectivity index (χ0n) is 8.98. The summed E-state index contributed by atoms with van der Waals surface area (Å²) in [6.45, 7) is 11.8. The van der Waals surface area contributed by atoms with Gasteiger partial charge in [-0.15, -0.1) is 0 Å². The van der Waals surface area contributed by atoms with Gasteiger partial charge in [-0.3, -0.25) is 0 Å². The normalized spacial score (nSPS) is 30.2. The average Bonchev–Trinajstić information content (AvgIpc) is 2.10. The Morgan fingerprint density at radius 2 is 2.00 bits per heavy atom. The summed E-state index contributed by atoms with van der Waals surface area (Å²) >= 11 is 0. The first kappa shape index (κ1) is 10.0. The van der Waals surface area contributed by atoms with E-state index in [2.05, 4.69) is 33.0 Å². The zero-order valence-corrected chi connectivity index (χ0v) is 8.98. The number of hydrogen-bond donors (Lipinski definition) is 1. The van der Waals surface area contributed by atoms with Crippen LogP contribution in [-0.2, 0) is 0 Å². The SMILES string of the molecule is CC(C)C1CCC(C)(C)CNC1. The molecule has 0 aromatic rings. The minimum absolute atomic E-state index is 0.518. The second kappa shape index (κ2) is 3.78. The van der Waals surface area contributed by atoms with Gasteiger partial charge in [0.2, 0.25) is 0 Å². The third-order valence-electron chi connectivity index (χ3n) is 3.14. The van der Waals surface area contributed by atoms with Gasteiger partial charge in [0.1, 0.15) is 0 Å². The Bertz CT molecular complexity index is 138. The Kier molecular flexibility index (Phi) is 3.16. The molecule has 0 radical (unpaired) electrons. The maximum atomic E-state index is 3.57. The summed E-state index contributed by atoms with van der Waals surface area (Å²) in [5.74, 6) is 1.73. The van der Waals surface area contributed by atoms with Crippen molar-refractivity contribution in [2.45, 2.75) is 40.5 Å². The summed E-state index contributed by atoms with van der Waals surface area (Å²) in [4.78, 5) is 0. The van der Waals surface area contributed by atoms with Gasteiger partial charge in [0.15, 0.2) is 0 Å². The summed E-state index contributed by atoms with van der Waals surface area (Å²) in [7, 11) is 0. The largest absolute Gasteiger partial charge is 0.316 e. The van der Waals surface area contributed by atoms with Crippen LogP contribution in [0.5, 0.6) is 0 Å². The minimum atomic E-state index is 0.518. The molecule has 1 aliphatic heterocycles. The van der Waals surface area contributed by atoms with Crippen molar-refractivity contribution in [3.63, 3.8) is 0 Å². The van der Waals surface area contributed by atoms with Gasteiger partial charge in [-0.2, -0.15) is 0 Å². The van der Waals surface area contributed by atoms with Crippen molar-refractivity contribution in [1.82, 2.24) is 5.32 Å². The van der Waals surface area contributed by atoms with Crippen molar-refractivity contribution in [1.29, 1.82) is 0 Å². The van der Waals surface area contributed by atoms with E-state index in [9.17, 15) is 0 Å². The molecule has 0 amide bonds. The highest BCUT2D eigenvalue weighted by atomic mass is 14.9. The fraction of sp³-hybridized carbons (Fsp3) is 1.00. The van der Waals surface area contributed by atoms with Crippen molar-refractivity contribution < 1.29 is 0 Å². The third-order valence-corrected chi connectivity index (χ3v) is 3.14. The lowest BCUT2D eigenvalue weighted by Gasteiger charge is -2.22. The molecule has 1 rings (SSSR count). The van der Waals surface area contributed by atoms with Crippen LogP contribution >= 0.6 is 0 Å². The second-order valence-corrected chi connectivity index (χ2v) is 5.34. The van der Waals surface area contributed by atoms with Crippen molar-refractivity contribution in [3.05, 3.63) is 0 Å². The molecule has 1 heterocycles. The van der Waals surface area contributed by atoms with Gasteiger partial charge in [0.25, 0.3) is 0 Å². The van der Waals surface area contributed by atoms with E-state index in [-0.39, 0.29) is 0 Å². The summed E-state index contributed by atoms with van der Waals surface area (Å²) in [6.07, 6.45) is 2.78. The molecule has 1 fully saturated rings. The van der Waals surface area contributed by atoms with E-state index >= 15 is 0 Å². The van der Waals surface area contributed by atoms with E-state index in [0.29, 0.717) is 5.41 Å². The van der Waals surface area contributed by atoms with Crippen molar-refractivity contribution in [2.24, 2.45) is 17.3 Å². The topological polar surface area (TPSA) is 12.0 Å². The smallest absolute Gasteiger partial charge is 0.000264 e. The first-order chi connectivity index (χ1) is 5.51. The lowest BCUT2D eigenvalue weighted by atomic mass is 9.84. The first-order valence-electron chi connectivity index (χ1n) is 5.22. The van der Waals surface area contributed by atoms with Crippen LogP contribution in [0.1, 0.15) is 40.5 Å². The fourth-order valence-corrected chi connectivity index (χ4v) is 1.93. The van der Waals surface area contributed by atoms with Gasteiger partial charge in [0, 0.05) is 6.54 Å². The van der Waals surface area contributed by atoms with E-state index in [4.69, 9.17) is 0 Å². The Labute approximate surface area is 76.9 Å². The number of rotatable bonds is 1. The third kappa shape index (κ3) is 2.78. The molecule has 0 saturated carbocycles. The summed E-state index contributed by atoms with van der Waals surface area (Å²) in [6, 6.07) is 0. The van der Waals surface area contributed by atoms with Crippen LogP contribution in [0.15, 0.2) is 0 Å². The molecular weight excluding hydrogens is 146 g/mol. The van der Waals surface area contributed by atoms with Gasteiger partial charge in [0.05, 0.1) is 0 Å². The molecule has 0 bridgehead atoms. The van der Waals surface area contributed by atoms with Crippen LogP contribution in [0.25, 0.3) is 0 Å². The molecule has 1 nitrogen and oxygen atoms in total. The maximum Gasteiger partial charge on any atom is 0.000264 e. The highest BCUT2D eigenvalue weighted by molar-refractivity contribution is 4.79. The van der Waals surface area contributed by atoms with E-state index in [1.165, 1.54) is 25.9 Å². The Morgan fingerprint density at radius 3 is 2.58 bits per heavy atom. The molecule has 1 heteroatoms. The van der Waals surface area contributed by atoms with Gasteiger partial charge in [-0.1, -0.05) is 27.7 Å². The molecule has 1 aliphatic rings. The molecule has 72 valence electrons. The Morgan fingerprint density at radius 1 is 1.33 bits per heavy atom. The average molecular weight is 169 g/mol. The summed E-state index contributed by atoms with van der Waals surface area (Å²) in [5.41, 5.74) is 0.518. The zero-order chi connectivity index (χ0) is 9.19. The molecule has 1 unspecified atom stereocenters. The van der Waals surface area contributed by atoms with Crippen LogP contribution < -0.4 is 5.32 Å². The van der Waals surface area contributed by atoms with Gasteiger partial charge in [-0.05, 0) is 36.6 Å². The lowest BCUT2D eigenvalue weighted by Crippen LogP contribution is -2.29.